The highest BCUT2D eigenvalue weighted by Gasteiger charge is 2.52. The summed E-state index contributed by atoms with van der Waals surface area (Å²) < 4.78 is 24.6. The largest absolute Gasteiger partial charge is 0.455 e. The van der Waals surface area contributed by atoms with Crippen LogP contribution in [0, 0.1) is 0 Å². The average Bonchev–Trinajstić information content (AvgIpc) is 2.92. The van der Waals surface area contributed by atoms with Gasteiger partial charge in [-0.05, 0) is 29.8 Å². The molecule has 9 heteroatoms. The average molecular weight is 490 g/mol. The molecule has 0 aromatic heterocycles. The molecule has 8 nitrogen and oxygen atoms in total. The van der Waals surface area contributed by atoms with E-state index in [1.165, 1.54) is 11.8 Å². The maximum absolute atomic E-state index is 13.1. The summed E-state index contributed by atoms with van der Waals surface area (Å²) in [6, 6.07) is 27.0. The third kappa shape index (κ3) is 5.35. The summed E-state index contributed by atoms with van der Waals surface area (Å²) in [5.41, 5.74) is 10.0. The number of rotatable bonds is 6. The number of hydrogen-bond donors (Lipinski definition) is 0. The van der Waals surface area contributed by atoms with Crippen LogP contribution in [0.2, 0.25) is 0 Å². The SMILES string of the molecule is [N-]=[N+]=N[C@H]1C(OC(=O)c2ccccc2)[C@@H]2OC(c3ccccc3)OCC2O[C@H]1Sc1ccccc1. The molecule has 35 heavy (non-hydrogen) atoms. The lowest BCUT2D eigenvalue weighted by Crippen LogP contribution is -2.61. The number of azide groups is 1. The molecule has 5 rings (SSSR count). The molecule has 0 N–H and O–H groups in total. The van der Waals surface area contributed by atoms with Crippen molar-refractivity contribution in [3.8, 4) is 0 Å². The molecule has 2 fully saturated rings. The van der Waals surface area contributed by atoms with E-state index < -0.39 is 42.0 Å². The van der Waals surface area contributed by atoms with Crippen molar-refractivity contribution in [1.29, 1.82) is 0 Å². The van der Waals surface area contributed by atoms with Crippen molar-refractivity contribution in [3.63, 3.8) is 0 Å². The first-order valence-electron chi connectivity index (χ1n) is 11.2. The summed E-state index contributed by atoms with van der Waals surface area (Å²) in [7, 11) is 0. The van der Waals surface area contributed by atoms with Gasteiger partial charge in [0.25, 0.3) is 0 Å². The zero-order valence-electron chi connectivity index (χ0n) is 18.6. The van der Waals surface area contributed by atoms with E-state index in [0.717, 1.165) is 10.5 Å². The van der Waals surface area contributed by atoms with Gasteiger partial charge in [-0.2, -0.15) is 0 Å². The van der Waals surface area contributed by atoms with E-state index in [2.05, 4.69) is 10.0 Å². The van der Waals surface area contributed by atoms with Crippen LogP contribution in [0.25, 0.3) is 10.4 Å². The van der Waals surface area contributed by atoms with Gasteiger partial charge in [0, 0.05) is 15.4 Å². The van der Waals surface area contributed by atoms with Gasteiger partial charge in [-0.25, -0.2) is 4.79 Å². The monoisotopic (exact) mass is 489 g/mol. The molecule has 2 aliphatic heterocycles. The number of carbonyl (C=O) groups excluding carboxylic acids is 1. The smallest absolute Gasteiger partial charge is 0.338 e. The number of esters is 1. The molecule has 0 aliphatic carbocycles. The first kappa shape index (κ1) is 23.4. The minimum atomic E-state index is -0.881. The van der Waals surface area contributed by atoms with E-state index in [-0.39, 0.29) is 6.61 Å². The number of nitrogens with zero attached hydrogens (tertiary/aromatic N) is 3. The minimum absolute atomic E-state index is 0.235. The molecule has 0 saturated carbocycles. The van der Waals surface area contributed by atoms with Crippen molar-refractivity contribution < 1.29 is 23.7 Å². The molecule has 0 radical (unpaired) electrons. The van der Waals surface area contributed by atoms with Crippen molar-refractivity contribution in [2.24, 2.45) is 5.11 Å². The number of hydrogen-bond acceptors (Lipinski definition) is 7. The maximum atomic E-state index is 13.1. The second-order valence-corrected chi connectivity index (χ2v) is 9.25. The van der Waals surface area contributed by atoms with Crippen molar-refractivity contribution in [2.45, 2.75) is 41.0 Å². The number of carbonyl (C=O) groups is 1. The quantitative estimate of drug-likeness (QED) is 0.195. The summed E-state index contributed by atoms with van der Waals surface area (Å²) >= 11 is 1.40. The minimum Gasteiger partial charge on any atom is -0.455 e. The highest BCUT2D eigenvalue weighted by Crippen LogP contribution is 2.41. The molecule has 2 saturated heterocycles. The lowest BCUT2D eigenvalue weighted by atomic mass is 9.97. The van der Waals surface area contributed by atoms with Crippen LogP contribution in [-0.4, -0.2) is 42.4 Å². The van der Waals surface area contributed by atoms with Gasteiger partial charge in [-0.1, -0.05) is 83.6 Å². The highest BCUT2D eigenvalue weighted by atomic mass is 32.2. The normalized spacial score (nSPS) is 27.8. The molecular formula is C26H23N3O5S. The standard InChI is InChI=1S/C26H23N3O5S/c27-29-28-21-23(33-24(30)17-10-4-1-5-11-17)22-20(32-26(21)35-19-14-8-3-9-15-19)16-31-25(34-22)18-12-6-2-7-13-18/h1-15,20-23,25-26H,16H2/t20?,21-,22+,23?,25?,26-/m0/s1. The zero-order chi connectivity index (χ0) is 24.0. The van der Waals surface area contributed by atoms with Crippen molar-refractivity contribution in [3.05, 3.63) is 113 Å². The Morgan fingerprint density at radius 1 is 0.943 bits per heavy atom. The third-order valence-corrected chi connectivity index (χ3v) is 6.98. The van der Waals surface area contributed by atoms with Crippen LogP contribution < -0.4 is 0 Å². The van der Waals surface area contributed by atoms with Crippen LogP contribution in [-0.2, 0) is 18.9 Å². The fourth-order valence-corrected chi connectivity index (χ4v) is 5.28. The Labute approximate surface area is 206 Å². The number of benzene rings is 3. The van der Waals surface area contributed by atoms with E-state index in [1.54, 1.807) is 24.3 Å². The van der Waals surface area contributed by atoms with E-state index in [4.69, 9.17) is 18.9 Å². The Bertz CT molecular complexity index is 1180. The Kier molecular flexibility index (Phi) is 7.32. The van der Waals surface area contributed by atoms with Gasteiger partial charge in [0.2, 0.25) is 0 Å². The zero-order valence-corrected chi connectivity index (χ0v) is 19.4. The number of fused-ring (bicyclic) bond motifs is 1. The molecule has 3 aromatic carbocycles. The van der Waals surface area contributed by atoms with Crippen molar-refractivity contribution in [2.75, 3.05) is 6.61 Å². The molecule has 3 unspecified atom stereocenters. The summed E-state index contributed by atoms with van der Waals surface area (Å²) in [5, 5.41) is 4.01. The predicted molar refractivity (Wildman–Crippen MR) is 130 cm³/mol. The highest BCUT2D eigenvalue weighted by molar-refractivity contribution is 7.99. The molecule has 0 spiro atoms. The van der Waals surface area contributed by atoms with E-state index in [0.29, 0.717) is 5.56 Å². The molecule has 0 amide bonds. The fourth-order valence-electron chi connectivity index (χ4n) is 4.15. The summed E-state index contributed by atoms with van der Waals surface area (Å²) in [5.74, 6) is -0.524. The molecule has 178 valence electrons. The Hall–Kier alpha value is -3.33. The van der Waals surface area contributed by atoms with Gasteiger partial charge in [-0.3, -0.25) is 0 Å². The third-order valence-electron chi connectivity index (χ3n) is 5.81. The van der Waals surface area contributed by atoms with Crippen LogP contribution >= 0.6 is 11.8 Å². The Morgan fingerprint density at radius 2 is 1.60 bits per heavy atom. The molecule has 3 aromatic rings. The van der Waals surface area contributed by atoms with Crippen LogP contribution in [0.1, 0.15) is 22.2 Å². The fraction of sp³-hybridized carbons (Fsp3) is 0.269. The Morgan fingerprint density at radius 3 is 2.29 bits per heavy atom. The molecule has 2 heterocycles. The molecule has 2 aliphatic rings. The van der Waals surface area contributed by atoms with Gasteiger partial charge < -0.3 is 18.9 Å². The summed E-state index contributed by atoms with van der Waals surface area (Å²) in [6.45, 7) is 0.235. The molecular weight excluding hydrogens is 466 g/mol. The van der Waals surface area contributed by atoms with Gasteiger partial charge in [0.05, 0.1) is 12.2 Å². The first-order valence-corrected chi connectivity index (χ1v) is 12.1. The van der Waals surface area contributed by atoms with E-state index in [9.17, 15) is 10.3 Å². The van der Waals surface area contributed by atoms with E-state index >= 15 is 0 Å². The second kappa shape index (κ2) is 10.9. The molecule has 0 bridgehead atoms. The van der Waals surface area contributed by atoms with Crippen LogP contribution in [0.4, 0.5) is 0 Å². The first-order chi connectivity index (χ1) is 17.2. The predicted octanol–water partition coefficient (Wildman–Crippen LogP) is 5.52. The lowest BCUT2D eigenvalue weighted by Gasteiger charge is -2.47. The summed E-state index contributed by atoms with van der Waals surface area (Å²) in [6.07, 6.45) is -2.75. The maximum Gasteiger partial charge on any atom is 0.338 e. The van der Waals surface area contributed by atoms with Crippen LogP contribution in [0.5, 0.6) is 0 Å². The summed E-state index contributed by atoms with van der Waals surface area (Å²) in [4.78, 5) is 17.0. The van der Waals surface area contributed by atoms with E-state index in [1.807, 2.05) is 66.7 Å². The van der Waals surface area contributed by atoms with Crippen LogP contribution in [0.3, 0.4) is 0 Å². The number of thioether (sulfide) groups is 1. The van der Waals surface area contributed by atoms with Crippen molar-refractivity contribution in [1.82, 2.24) is 0 Å². The van der Waals surface area contributed by atoms with Gasteiger partial charge in [0.15, 0.2) is 6.29 Å². The Balaban J connectivity index is 1.46. The van der Waals surface area contributed by atoms with Crippen molar-refractivity contribution >= 4 is 17.7 Å². The number of ether oxygens (including phenoxy) is 4. The van der Waals surface area contributed by atoms with Gasteiger partial charge >= 0.3 is 5.97 Å². The van der Waals surface area contributed by atoms with Crippen LogP contribution in [0.15, 0.2) is 101 Å². The molecule has 6 atom stereocenters. The second-order valence-electron chi connectivity index (χ2n) is 8.08. The van der Waals surface area contributed by atoms with Gasteiger partial charge in [-0.15, -0.1) is 0 Å². The van der Waals surface area contributed by atoms with Gasteiger partial charge in [0.1, 0.15) is 29.8 Å². The lowest BCUT2D eigenvalue weighted by molar-refractivity contribution is -0.304. The topological polar surface area (TPSA) is 103 Å².